The van der Waals surface area contributed by atoms with Crippen molar-refractivity contribution in [1.29, 1.82) is 0 Å². The van der Waals surface area contributed by atoms with Gasteiger partial charge in [-0.3, -0.25) is 9.69 Å². The number of benzene rings is 2. The van der Waals surface area contributed by atoms with Crippen LogP contribution in [-0.4, -0.2) is 92.3 Å². The van der Waals surface area contributed by atoms with E-state index >= 15 is 0 Å². The highest BCUT2D eigenvalue weighted by molar-refractivity contribution is 7.89. The molecule has 218 valence electrons. The molecule has 1 aromatic heterocycles. The molecule has 2 N–H and O–H groups in total. The van der Waals surface area contributed by atoms with E-state index in [1.54, 1.807) is 25.3 Å². The van der Waals surface area contributed by atoms with Crippen LogP contribution in [0.5, 0.6) is 5.75 Å². The SMILES string of the molecule is COc1cc2c(cc1Nc1ncc(Cl)c(Nc3ccccc3S(=O)(=O)N(C)C)n1)CCN(CC(=O)N1CCC1)CC2. The van der Waals surface area contributed by atoms with Gasteiger partial charge in [0.1, 0.15) is 15.7 Å². The van der Waals surface area contributed by atoms with Crippen molar-refractivity contribution in [1.82, 2.24) is 24.1 Å². The Labute approximate surface area is 245 Å². The fourth-order valence-electron chi connectivity index (χ4n) is 4.84. The summed E-state index contributed by atoms with van der Waals surface area (Å²) < 4.78 is 32.5. The number of rotatable bonds is 9. The molecule has 2 aliphatic heterocycles. The third kappa shape index (κ3) is 6.40. The summed E-state index contributed by atoms with van der Waals surface area (Å²) in [5.41, 5.74) is 3.39. The minimum Gasteiger partial charge on any atom is -0.495 e. The van der Waals surface area contributed by atoms with Crippen molar-refractivity contribution < 1.29 is 17.9 Å². The number of anilines is 4. The molecule has 11 nitrogen and oxygen atoms in total. The molecule has 0 unspecified atom stereocenters. The molecule has 0 aliphatic carbocycles. The molecule has 0 atom stereocenters. The molecule has 41 heavy (non-hydrogen) atoms. The lowest BCUT2D eigenvalue weighted by Crippen LogP contribution is -2.47. The number of likely N-dealkylation sites (tertiary alicyclic amines) is 1. The first-order valence-corrected chi connectivity index (χ1v) is 15.3. The van der Waals surface area contributed by atoms with Crippen LogP contribution in [0.15, 0.2) is 47.5 Å². The lowest BCUT2D eigenvalue weighted by Gasteiger charge is -2.33. The molecule has 3 aromatic rings. The van der Waals surface area contributed by atoms with Crippen molar-refractivity contribution in [2.45, 2.75) is 24.2 Å². The van der Waals surface area contributed by atoms with Gasteiger partial charge in [-0.05, 0) is 54.7 Å². The van der Waals surface area contributed by atoms with Crippen molar-refractivity contribution in [2.75, 3.05) is 64.6 Å². The first-order valence-electron chi connectivity index (χ1n) is 13.4. The average Bonchev–Trinajstić information content (AvgIpc) is 3.10. The molecule has 1 amide bonds. The Morgan fingerprint density at radius 3 is 2.41 bits per heavy atom. The number of carbonyl (C=O) groups excluding carboxylic acids is 1. The Bertz CT molecular complexity index is 1550. The third-order valence-electron chi connectivity index (χ3n) is 7.37. The number of ether oxygens (including phenoxy) is 1. The van der Waals surface area contributed by atoms with Crippen LogP contribution < -0.4 is 15.4 Å². The summed E-state index contributed by atoms with van der Waals surface area (Å²) in [6.45, 7) is 3.78. The molecule has 1 fully saturated rings. The zero-order chi connectivity index (χ0) is 29.1. The number of methoxy groups -OCH3 is 1. The maximum Gasteiger partial charge on any atom is 0.244 e. The van der Waals surface area contributed by atoms with Crippen molar-refractivity contribution in [3.05, 3.63) is 58.7 Å². The van der Waals surface area contributed by atoms with E-state index in [1.165, 1.54) is 37.5 Å². The number of hydrogen-bond acceptors (Lipinski definition) is 9. The molecule has 0 saturated carbocycles. The van der Waals surface area contributed by atoms with Crippen LogP contribution in [0.3, 0.4) is 0 Å². The normalized spacial score (nSPS) is 15.6. The fourth-order valence-corrected chi connectivity index (χ4v) is 6.02. The zero-order valence-electron chi connectivity index (χ0n) is 23.4. The first-order chi connectivity index (χ1) is 19.7. The third-order valence-corrected chi connectivity index (χ3v) is 9.52. The summed E-state index contributed by atoms with van der Waals surface area (Å²) in [4.78, 5) is 25.6. The Hall–Kier alpha value is -3.45. The van der Waals surface area contributed by atoms with Crippen LogP contribution >= 0.6 is 11.6 Å². The van der Waals surface area contributed by atoms with Crippen LogP contribution in [0.2, 0.25) is 5.02 Å². The van der Waals surface area contributed by atoms with Gasteiger partial charge in [0.2, 0.25) is 21.9 Å². The largest absolute Gasteiger partial charge is 0.495 e. The fraction of sp³-hybridized carbons (Fsp3) is 0.393. The van der Waals surface area contributed by atoms with Gasteiger partial charge in [-0.25, -0.2) is 17.7 Å². The van der Waals surface area contributed by atoms with Crippen LogP contribution in [-0.2, 0) is 27.7 Å². The predicted octanol–water partition coefficient (Wildman–Crippen LogP) is 3.51. The summed E-state index contributed by atoms with van der Waals surface area (Å²) in [5.74, 6) is 1.36. The van der Waals surface area contributed by atoms with Gasteiger partial charge in [-0.1, -0.05) is 23.7 Å². The zero-order valence-corrected chi connectivity index (χ0v) is 24.9. The summed E-state index contributed by atoms with van der Waals surface area (Å²) >= 11 is 6.40. The first kappa shape index (κ1) is 29.1. The number of nitrogens with zero attached hydrogens (tertiary/aromatic N) is 5. The summed E-state index contributed by atoms with van der Waals surface area (Å²) in [7, 11) is 0.858. The second kappa shape index (κ2) is 12.2. The minimum absolute atomic E-state index is 0.0993. The highest BCUT2D eigenvalue weighted by Gasteiger charge is 2.25. The smallest absolute Gasteiger partial charge is 0.244 e. The average molecular weight is 600 g/mol. The molecular formula is C28H34ClN7O4S. The Morgan fingerprint density at radius 2 is 1.76 bits per heavy atom. The van der Waals surface area contributed by atoms with Gasteiger partial charge >= 0.3 is 0 Å². The Kier molecular flexibility index (Phi) is 8.64. The van der Waals surface area contributed by atoms with E-state index in [9.17, 15) is 13.2 Å². The number of fused-ring (bicyclic) bond motifs is 1. The van der Waals surface area contributed by atoms with E-state index in [4.69, 9.17) is 16.3 Å². The molecule has 3 heterocycles. The summed E-state index contributed by atoms with van der Waals surface area (Å²) in [6, 6.07) is 10.6. The quantitative estimate of drug-likeness (QED) is 0.381. The van der Waals surface area contributed by atoms with Gasteiger partial charge < -0.3 is 20.3 Å². The molecule has 13 heteroatoms. The number of sulfonamides is 1. The van der Waals surface area contributed by atoms with Crippen molar-refractivity contribution in [3.63, 3.8) is 0 Å². The van der Waals surface area contributed by atoms with Gasteiger partial charge in [-0.15, -0.1) is 0 Å². The summed E-state index contributed by atoms with van der Waals surface area (Å²) in [5, 5.41) is 6.52. The number of hydrogen-bond donors (Lipinski definition) is 2. The predicted molar refractivity (Wildman–Crippen MR) is 159 cm³/mol. The molecule has 0 bridgehead atoms. The van der Waals surface area contributed by atoms with Crippen LogP contribution in [0.25, 0.3) is 0 Å². The maximum atomic E-state index is 12.8. The Balaban J connectivity index is 1.35. The lowest BCUT2D eigenvalue weighted by atomic mass is 10.0. The topological polar surface area (TPSA) is 120 Å². The molecule has 2 aliphatic rings. The van der Waals surface area contributed by atoms with E-state index < -0.39 is 10.0 Å². The maximum absolute atomic E-state index is 12.8. The monoisotopic (exact) mass is 599 g/mol. The van der Waals surface area contributed by atoms with Gasteiger partial charge in [0, 0.05) is 40.3 Å². The van der Waals surface area contributed by atoms with Crippen molar-refractivity contribution in [3.8, 4) is 5.75 Å². The number of carbonyl (C=O) groups is 1. The van der Waals surface area contributed by atoms with E-state index in [0.717, 1.165) is 49.7 Å². The van der Waals surface area contributed by atoms with Crippen molar-refractivity contribution in [2.24, 2.45) is 0 Å². The van der Waals surface area contributed by atoms with Gasteiger partial charge in [0.15, 0.2) is 5.82 Å². The standard InChI is InChI=1S/C28H34ClN7O4S/c1-34(2)41(38,39)25-8-5-4-7-22(25)31-27-21(29)17-30-28(33-27)32-23-15-19-9-13-35(18-26(37)36-11-6-12-36)14-10-20(19)16-24(23)40-3/h4-5,7-8,15-17H,6,9-14,18H2,1-3H3,(H2,30,31,32,33). The van der Waals surface area contributed by atoms with Crippen LogP contribution in [0, 0.1) is 0 Å². The van der Waals surface area contributed by atoms with E-state index in [0.29, 0.717) is 23.7 Å². The van der Waals surface area contributed by atoms with Gasteiger partial charge in [-0.2, -0.15) is 4.98 Å². The van der Waals surface area contributed by atoms with Crippen molar-refractivity contribution >= 4 is 50.7 Å². The van der Waals surface area contributed by atoms with Crippen LogP contribution in [0.4, 0.5) is 23.1 Å². The molecular weight excluding hydrogens is 566 g/mol. The number of nitrogens with one attached hydrogen (secondary N) is 2. The second-order valence-electron chi connectivity index (χ2n) is 10.3. The summed E-state index contributed by atoms with van der Waals surface area (Å²) in [6.07, 6.45) is 4.16. The number of halogens is 1. The van der Waals surface area contributed by atoms with E-state index in [-0.39, 0.29) is 27.6 Å². The van der Waals surface area contributed by atoms with E-state index in [1.807, 2.05) is 17.0 Å². The molecule has 5 rings (SSSR count). The number of aromatic nitrogens is 2. The molecule has 0 radical (unpaired) electrons. The lowest BCUT2D eigenvalue weighted by molar-refractivity contribution is -0.135. The Morgan fingerprint density at radius 1 is 1.05 bits per heavy atom. The van der Waals surface area contributed by atoms with E-state index in [2.05, 4.69) is 25.5 Å². The molecule has 0 spiro atoms. The molecule has 1 saturated heterocycles. The van der Waals surface area contributed by atoms with Gasteiger partial charge in [0.05, 0.1) is 31.2 Å². The molecule has 2 aromatic carbocycles. The highest BCUT2D eigenvalue weighted by Crippen LogP contribution is 2.34. The van der Waals surface area contributed by atoms with Crippen LogP contribution in [0.1, 0.15) is 17.5 Å². The number of amides is 1. The minimum atomic E-state index is -3.71. The highest BCUT2D eigenvalue weighted by atomic mass is 35.5. The number of para-hydroxylation sites is 1. The van der Waals surface area contributed by atoms with Gasteiger partial charge in [0.25, 0.3) is 0 Å². The second-order valence-corrected chi connectivity index (χ2v) is 12.8.